The number of allylic oxidation sites excluding steroid dienone is 12. The van der Waals surface area contributed by atoms with Crippen LogP contribution in [0.1, 0.15) is 102 Å². The molecule has 3 rings (SSSR count). The SMILES string of the molecule is C=C(CCCCC(CCC(=CC)CC)=C(C)C)C1=C2C=CC=CC2c2cc(C(=C)C)ccc21. The Kier molecular flexibility index (Phi) is 8.73. The maximum Gasteiger partial charge on any atom is 0.0285 e. The van der Waals surface area contributed by atoms with Crippen LogP contribution >= 0.6 is 0 Å². The first-order valence-electron chi connectivity index (χ1n) is 12.7. The van der Waals surface area contributed by atoms with Gasteiger partial charge in [0.25, 0.3) is 0 Å². The first-order chi connectivity index (χ1) is 15.9. The highest BCUT2D eigenvalue weighted by molar-refractivity contribution is 5.91. The van der Waals surface area contributed by atoms with Gasteiger partial charge in [0.15, 0.2) is 0 Å². The summed E-state index contributed by atoms with van der Waals surface area (Å²) < 4.78 is 0. The van der Waals surface area contributed by atoms with Gasteiger partial charge in [-0.15, -0.1) is 0 Å². The lowest BCUT2D eigenvalue weighted by Crippen LogP contribution is -1.96. The normalized spacial score (nSPS) is 16.6. The Morgan fingerprint density at radius 2 is 1.73 bits per heavy atom. The number of fused-ring (bicyclic) bond motifs is 3. The minimum absolute atomic E-state index is 0.354. The zero-order chi connectivity index (χ0) is 24.0. The molecule has 1 aromatic rings. The fourth-order valence-electron chi connectivity index (χ4n) is 5.18. The molecule has 0 aromatic heterocycles. The highest BCUT2D eigenvalue weighted by Gasteiger charge is 2.30. The summed E-state index contributed by atoms with van der Waals surface area (Å²) in [4.78, 5) is 0. The predicted octanol–water partition coefficient (Wildman–Crippen LogP) is 10.3. The lowest BCUT2D eigenvalue weighted by atomic mass is 9.90. The van der Waals surface area contributed by atoms with Crippen molar-refractivity contribution in [3.63, 3.8) is 0 Å². The minimum Gasteiger partial charge on any atom is -0.0955 e. The van der Waals surface area contributed by atoms with Crippen LogP contribution in [-0.4, -0.2) is 0 Å². The Hall–Kier alpha value is -2.60. The van der Waals surface area contributed by atoms with Gasteiger partial charge >= 0.3 is 0 Å². The monoisotopic (exact) mass is 438 g/mol. The summed E-state index contributed by atoms with van der Waals surface area (Å²) >= 11 is 0. The average molecular weight is 439 g/mol. The van der Waals surface area contributed by atoms with Gasteiger partial charge in [-0.25, -0.2) is 0 Å². The maximum absolute atomic E-state index is 4.56. The van der Waals surface area contributed by atoms with Crippen molar-refractivity contribution in [2.45, 2.75) is 85.5 Å². The van der Waals surface area contributed by atoms with Crippen molar-refractivity contribution < 1.29 is 0 Å². The van der Waals surface area contributed by atoms with Crippen LogP contribution in [0.3, 0.4) is 0 Å². The number of hydrogen-bond donors (Lipinski definition) is 0. The summed E-state index contributed by atoms with van der Waals surface area (Å²) in [7, 11) is 0. The van der Waals surface area contributed by atoms with Crippen LogP contribution in [0.15, 0.2) is 89.6 Å². The van der Waals surface area contributed by atoms with Gasteiger partial charge in [-0.1, -0.05) is 84.9 Å². The standard InChI is InChI=1S/C33H42/c1-8-26(9-2)18-19-27(23(3)4)15-11-10-14-25(7)33-30-17-13-12-16-29(30)32-22-28(24(5)6)20-21-31(32)33/h8,12-13,16-17,20-22,29H,5,7,9-11,14-15,18-19H2,1-4,6H3. The van der Waals surface area contributed by atoms with E-state index in [1.807, 2.05) is 0 Å². The van der Waals surface area contributed by atoms with Crippen LogP contribution in [0.4, 0.5) is 0 Å². The Balaban J connectivity index is 1.66. The van der Waals surface area contributed by atoms with E-state index in [-0.39, 0.29) is 0 Å². The summed E-state index contributed by atoms with van der Waals surface area (Å²) in [5, 5.41) is 0. The van der Waals surface area contributed by atoms with Gasteiger partial charge in [0, 0.05) is 5.92 Å². The first kappa shape index (κ1) is 25.0. The summed E-state index contributed by atoms with van der Waals surface area (Å²) in [6.07, 6.45) is 19.6. The number of unbranched alkanes of at least 4 members (excludes halogenated alkanes) is 1. The average Bonchev–Trinajstić information content (AvgIpc) is 3.14. The largest absolute Gasteiger partial charge is 0.0955 e. The molecule has 0 N–H and O–H groups in total. The van der Waals surface area contributed by atoms with Gasteiger partial charge in [0.1, 0.15) is 0 Å². The van der Waals surface area contributed by atoms with E-state index in [1.54, 1.807) is 11.1 Å². The number of rotatable bonds is 11. The Labute approximate surface area is 202 Å². The van der Waals surface area contributed by atoms with Crippen LogP contribution in [-0.2, 0) is 0 Å². The molecule has 1 unspecified atom stereocenters. The molecule has 0 amide bonds. The molecule has 2 aliphatic carbocycles. The van der Waals surface area contributed by atoms with E-state index >= 15 is 0 Å². The fraction of sp³-hybridized carbons (Fsp3) is 0.394. The molecule has 2 aliphatic rings. The number of hydrogen-bond acceptors (Lipinski definition) is 0. The second-order valence-electron chi connectivity index (χ2n) is 9.85. The zero-order valence-electron chi connectivity index (χ0n) is 21.6. The van der Waals surface area contributed by atoms with Crippen molar-refractivity contribution in [2.75, 3.05) is 0 Å². The van der Waals surface area contributed by atoms with Crippen molar-refractivity contribution in [3.8, 4) is 0 Å². The molecule has 1 atom stereocenters. The van der Waals surface area contributed by atoms with Crippen molar-refractivity contribution in [2.24, 2.45) is 0 Å². The van der Waals surface area contributed by atoms with Gasteiger partial charge in [0.2, 0.25) is 0 Å². The fourth-order valence-corrected chi connectivity index (χ4v) is 5.18. The van der Waals surface area contributed by atoms with Gasteiger partial charge in [-0.3, -0.25) is 0 Å². The molecular weight excluding hydrogens is 396 g/mol. The molecule has 0 fully saturated rings. The summed E-state index contributed by atoms with van der Waals surface area (Å²) in [5.41, 5.74) is 14.0. The first-order valence-corrected chi connectivity index (χ1v) is 12.7. The molecule has 0 bridgehead atoms. The van der Waals surface area contributed by atoms with Gasteiger partial charge in [0.05, 0.1) is 0 Å². The van der Waals surface area contributed by atoms with E-state index in [0.717, 1.165) is 12.0 Å². The second-order valence-corrected chi connectivity index (χ2v) is 9.85. The van der Waals surface area contributed by atoms with Crippen molar-refractivity contribution in [3.05, 3.63) is 106 Å². The zero-order valence-corrected chi connectivity index (χ0v) is 21.6. The van der Waals surface area contributed by atoms with Crippen molar-refractivity contribution in [1.82, 2.24) is 0 Å². The Morgan fingerprint density at radius 1 is 0.970 bits per heavy atom. The lowest BCUT2D eigenvalue weighted by molar-refractivity contribution is 0.700. The van der Waals surface area contributed by atoms with Gasteiger partial charge in [-0.2, -0.15) is 0 Å². The van der Waals surface area contributed by atoms with Crippen LogP contribution in [0.2, 0.25) is 0 Å². The molecule has 0 heterocycles. The molecule has 0 radical (unpaired) electrons. The quantitative estimate of drug-likeness (QED) is 0.238. The third-order valence-electron chi connectivity index (χ3n) is 7.34. The third kappa shape index (κ3) is 5.85. The van der Waals surface area contributed by atoms with E-state index in [1.165, 1.54) is 77.5 Å². The molecule has 33 heavy (non-hydrogen) atoms. The molecule has 0 nitrogen and oxygen atoms in total. The smallest absolute Gasteiger partial charge is 0.0285 e. The predicted molar refractivity (Wildman–Crippen MR) is 148 cm³/mol. The molecular formula is C33H42. The Morgan fingerprint density at radius 3 is 2.39 bits per heavy atom. The van der Waals surface area contributed by atoms with Crippen LogP contribution in [0.5, 0.6) is 0 Å². The highest BCUT2D eigenvalue weighted by Crippen LogP contribution is 2.48. The summed E-state index contributed by atoms with van der Waals surface area (Å²) in [5.74, 6) is 0.354. The molecule has 0 heteroatoms. The second kappa shape index (κ2) is 11.5. The van der Waals surface area contributed by atoms with E-state index < -0.39 is 0 Å². The molecule has 0 spiro atoms. The van der Waals surface area contributed by atoms with Gasteiger partial charge < -0.3 is 0 Å². The van der Waals surface area contributed by atoms with Crippen LogP contribution in [0, 0.1) is 0 Å². The minimum atomic E-state index is 0.354. The topological polar surface area (TPSA) is 0 Å². The van der Waals surface area contributed by atoms with Crippen LogP contribution in [0.25, 0.3) is 11.1 Å². The lowest BCUT2D eigenvalue weighted by Gasteiger charge is -2.14. The van der Waals surface area contributed by atoms with E-state index in [4.69, 9.17) is 0 Å². The van der Waals surface area contributed by atoms with E-state index in [0.29, 0.717) is 5.92 Å². The summed E-state index contributed by atoms with van der Waals surface area (Å²) in [6, 6.07) is 6.85. The molecule has 0 aliphatic heterocycles. The van der Waals surface area contributed by atoms with E-state index in [2.05, 4.69) is 96.4 Å². The van der Waals surface area contributed by atoms with E-state index in [9.17, 15) is 0 Å². The van der Waals surface area contributed by atoms with Gasteiger partial charge in [-0.05, 0) is 112 Å². The van der Waals surface area contributed by atoms with Crippen LogP contribution < -0.4 is 0 Å². The molecule has 174 valence electrons. The maximum atomic E-state index is 4.56. The molecule has 1 aromatic carbocycles. The highest BCUT2D eigenvalue weighted by atomic mass is 14.3. The third-order valence-corrected chi connectivity index (χ3v) is 7.34. The molecule has 0 saturated carbocycles. The van der Waals surface area contributed by atoms with Crippen molar-refractivity contribution in [1.29, 1.82) is 0 Å². The number of benzene rings is 1. The molecule has 0 saturated heterocycles. The van der Waals surface area contributed by atoms with Crippen molar-refractivity contribution >= 4 is 11.1 Å². The summed E-state index contributed by atoms with van der Waals surface area (Å²) in [6.45, 7) is 19.8. The Bertz CT molecular complexity index is 1060.